The zero-order valence-electron chi connectivity index (χ0n) is 8.41. The zero-order valence-corrected chi connectivity index (χ0v) is 8.41. The molecule has 2 heteroatoms. The molecule has 2 fully saturated rings. The minimum atomic E-state index is 0.578. The molecule has 74 valence electrons. The molecule has 2 saturated carbocycles. The molecule has 0 saturated heterocycles. The Hall–Kier alpha value is -0.400. The molecule has 0 amide bonds. The van der Waals surface area contributed by atoms with Gasteiger partial charge in [0.1, 0.15) is 0 Å². The highest BCUT2D eigenvalue weighted by Crippen LogP contribution is 2.24. The molecule has 0 unspecified atom stereocenters. The van der Waals surface area contributed by atoms with Crippen LogP contribution in [0.2, 0.25) is 0 Å². The summed E-state index contributed by atoms with van der Waals surface area (Å²) < 4.78 is 0. The van der Waals surface area contributed by atoms with Gasteiger partial charge in [-0.3, -0.25) is 0 Å². The molecule has 0 aromatic rings. The Labute approximate surface area is 80.8 Å². The van der Waals surface area contributed by atoms with Gasteiger partial charge in [0.25, 0.3) is 0 Å². The van der Waals surface area contributed by atoms with Gasteiger partial charge in [-0.2, -0.15) is 10.2 Å². The molecule has 0 radical (unpaired) electrons. The average Bonchev–Trinajstić information content (AvgIpc) is 2.69. The number of hydrogen-bond acceptors (Lipinski definition) is 2. The number of azo groups is 1. The molecule has 2 rings (SSSR count). The molecule has 0 heterocycles. The summed E-state index contributed by atoms with van der Waals surface area (Å²) in [5.41, 5.74) is 0. The highest BCUT2D eigenvalue weighted by molar-refractivity contribution is 4.74. The van der Waals surface area contributed by atoms with Gasteiger partial charge in [-0.05, 0) is 25.7 Å². The Morgan fingerprint density at radius 3 is 1.38 bits per heavy atom. The van der Waals surface area contributed by atoms with Crippen molar-refractivity contribution in [3.8, 4) is 0 Å². The number of hydrogen-bond donors (Lipinski definition) is 0. The molecule has 0 spiro atoms. The van der Waals surface area contributed by atoms with Gasteiger partial charge in [-0.15, -0.1) is 0 Å². The predicted molar refractivity (Wildman–Crippen MR) is 54.0 cm³/mol. The lowest BCUT2D eigenvalue weighted by Gasteiger charge is -2.16. The second-order valence-electron chi connectivity index (χ2n) is 4.46. The maximum absolute atomic E-state index is 4.49. The zero-order chi connectivity index (χ0) is 8.93. The molecule has 2 nitrogen and oxygen atoms in total. The Morgan fingerprint density at radius 1 is 0.538 bits per heavy atom. The van der Waals surface area contributed by atoms with E-state index in [1.807, 2.05) is 0 Å². The van der Waals surface area contributed by atoms with Crippen molar-refractivity contribution in [2.45, 2.75) is 69.9 Å². The van der Waals surface area contributed by atoms with Crippen molar-refractivity contribution in [1.82, 2.24) is 0 Å². The van der Waals surface area contributed by atoms with Gasteiger partial charge in [-0.25, -0.2) is 0 Å². The third kappa shape index (κ3) is 2.78. The SMILES string of the molecule is C1CCC(N=NC2CCCC2)CC1. The van der Waals surface area contributed by atoms with E-state index >= 15 is 0 Å². The van der Waals surface area contributed by atoms with E-state index < -0.39 is 0 Å². The van der Waals surface area contributed by atoms with Crippen LogP contribution in [-0.4, -0.2) is 12.1 Å². The molecule has 13 heavy (non-hydrogen) atoms. The topological polar surface area (TPSA) is 24.7 Å². The lowest BCUT2D eigenvalue weighted by molar-refractivity contribution is 0.421. The van der Waals surface area contributed by atoms with Crippen LogP contribution in [0.5, 0.6) is 0 Å². The van der Waals surface area contributed by atoms with Gasteiger partial charge < -0.3 is 0 Å². The molecule has 0 N–H and O–H groups in total. The summed E-state index contributed by atoms with van der Waals surface area (Å²) in [6.45, 7) is 0. The largest absolute Gasteiger partial charge is 0.191 e. The quantitative estimate of drug-likeness (QED) is 0.579. The monoisotopic (exact) mass is 180 g/mol. The molecule has 0 atom stereocenters. The van der Waals surface area contributed by atoms with Crippen LogP contribution in [0.15, 0.2) is 10.2 Å². The Balaban J connectivity index is 1.74. The van der Waals surface area contributed by atoms with E-state index in [1.54, 1.807) is 0 Å². The maximum Gasteiger partial charge on any atom is 0.0708 e. The molecule has 0 aliphatic heterocycles. The normalized spacial score (nSPS) is 27.4. The van der Waals surface area contributed by atoms with E-state index in [0.717, 1.165) is 0 Å². The summed E-state index contributed by atoms with van der Waals surface area (Å²) in [6, 6.07) is 1.16. The first-order valence-corrected chi connectivity index (χ1v) is 5.85. The van der Waals surface area contributed by atoms with Crippen LogP contribution < -0.4 is 0 Å². The second kappa shape index (κ2) is 4.73. The van der Waals surface area contributed by atoms with Crippen LogP contribution in [0, 0.1) is 0 Å². The summed E-state index contributed by atoms with van der Waals surface area (Å²) in [6.07, 6.45) is 12.0. The standard InChI is InChI=1S/C11H20N2/c1-2-6-10(7-3-1)12-13-11-8-4-5-9-11/h10-11H,1-9H2. The van der Waals surface area contributed by atoms with Gasteiger partial charge in [-0.1, -0.05) is 32.1 Å². The van der Waals surface area contributed by atoms with Crippen LogP contribution >= 0.6 is 0 Å². The molecule has 2 aliphatic rings. The van der Waals surface area contributed by atoms with Crippen molar-refractivity contribution in [2.75, 3.05) is 0 Å². The maximum atomic E-state index is 4.49. The van der Waals surface area contributed by atoms with E-state index in [9.17, 15) is 0 Å². The average molecular weight is 180 g/mol. The lowest BCUT2D eigenvalue weighted by Crippen LogP contribution is -2.09. The first-order valence-electron chi connectivity index (χ1n) is 5.85. The fourth-order valence-corrected chi connectivity index (χ4v) is 2.40. The van der Waals surface area contributed by atoms with Gasteiger partial charge in [0.2, 0.25) is 0 Å². The van der Waals surface area contributed by atoms with Crippen molar-refractivity contribution >= 4 is 0 Å². The van der Waals surface area contributed by atoms with E-state index in [4.69, 9.17) is 0 Å². The Morgan fingerprint density at radius 2 is 0.923 bits per heavy atom. The number of rotatable bonds is 2. The molecule has 0 aromatic heterocycles. The number of nitrogens with zero attached hydrogens (tertiary/aromatic N) is 2. The fraction of sp³-hybridized carbons (Fsp3) is 1.00. The summed E-state index contributed by atoms with van der Waals surface area (Å²) >= 11 is 0. The molecular weight excluding hydrogens is 160 g/mol. The van der Waals surface area contributed by atoms with Crippen LogP contribution in [0.1, 0.15) is 57.8 Å². The first kappa shape index (κ1) is 9.17. The van der Waals surface area contributed by atoms with Crippen LogP contribution in [0.4, 0.5) is 0 Å². The lowest BCUT2D eigenvalue weighted by atomic mass is 9.96. The van der Waals surface area contributed by atoms with Crippen molar-refractivity contribution < 1.29 is 0 Å². The van der Waals surface area contributed by atoms with Crippen molar-refractivity contribution in [3.63, 3.8) is 0 Å². The minimum Gasteiger partial charge on any atom is -0.191 e. The molecule has 2 aliphatic carbocycles. The van der Waals surface area contributed by atoms with Crippen LogP contribution in [0.25, 0.3) is 0 Å². The summed E-state index contributed by atoms with van der Waals surface area (Å²) in [7, 11) is 0. The molecular formula is C11H20N2. The third-order valence-electron chi connectivity index (χ3n) is 3.29. The predicted octanol–water partition coefficient (Wildman–Crippen LogP) is 3.71. The van der Waals surface area contributed by atoms with Crippen molar-refractivity contribution in [2.24, 2.45) is 10.2 Å². The Kier molecular flexibility index (Phi) is 3.34. The minimum absolute atomic E-state index is 0.578. The highest BCUT2D eigenvalue weighted by atomic mass is 15.1. The summed E-state index contributed by atoms with van der Waals surface area (Å²) in [4.78, 5) is 0. The summed E-state index contributed by atoms with van der Waals surface area (Å²) in [5.74, 6) is 0. The Bertz CT molecular complexity index is 165. The second-order valence-corrected chi connectivity index (χ2v) is 4.46. The van der Waals surface area contributed by atoms with Gasteiger partial charge in [0, 0.05) is 0 Å². The van der Waals surface area contributed by atoms with E-state index in [0.29, 0.717) is 12.1 Å². The fourth-order valence-electron chi connectivity index (χ4n) is 2.40. The van der Waals surface area contributed by atoms with Gasteiger partial charge in [0.15, 0.2) is 0 Å². The first-order chi connectivity index (χ1) is 6.45. The highest BCUT2D eigenvalue weighted by Gasteiger charge is 2.16. The molecule has 0 aromatic carbocycles. The van der Waals surface area contributed by atoms with Crippen molar-refractivity contribution in [3.05, 3.63) is 0 Å². The van der Waals surface area contributed by atoms with Crippen LogP contribution in [0.3, 0.4) is 0 Å². The van der Waals surface area contributed by atoms with Gasteiger partial charge >= 0.3 is 0 Å². The summed E-state index contributed by atoms with van der Waals surface area (Å²) in [5, 5.41) is 8.96. The van der Waals surface area contributed by atoms with Gasteiger partial charge in [0.05, 0.1) is 12.1 Å². The van der Waals surface area contributed by atoms with Crippen LogP contribution in [-0.2, 0) is 0 Å². The van der Waals surface area contributed by atoms with E-state index in [1.165, 1.54) is 57.8 Å². The smallest absolute Gasteiger partial charge is 0.0708 e. The van der Waals surface area contributed by atoms with Crippen molar-refractivity contribution in [1.29, 1.82) is 0 Å². The third-order valence-corrected chi connectivity index (χ3v) is 3.29. The molecule has 0 bridgehead atoms. The van der Waals surface area contributed by atoms with E-state index in [2.05, 4.69) is 10.2 Å². The van der Waals surface area contributed by atoms with E-state index in [-0.39, 0.29) is 0 Å².